The van der Waals surface area contributed by atoms with Crippen LogP contribution in [0.5, 0.6) is 18.0 Å². The summed E-state index contributed by atoms with van der Waals surface area (Å²) in [6, 6.07) is 20.4. The zero-order valence-corrected chi connectivity index (χ0v) is 84.6. The normalized spacial score (nSPS) is 21.2. The molecule has 37 heteroatoms. The molecule has 3 aromatic carbocycles. The number of halogens is 3. The van der Waals surface area contributed by atoms with Crippen molar-refractivity contribution < 1.29 is 37.4 Å². The first-order valence-corrected chi connectivity index (χ1v) is 45.2. The minimum absolute atomic E-state index is 0. The van der Waals surface area contributed by atoms with Gasteiger partial charge in [0.1, 0.15) is 61.6 Å². The van der Waals surface area contributed by atoms with Crippen molar-refractivity contribution in [2.45, 2.75) is 168 Å². The van der Waals surface area contributed by atoms with Gasteiger partial charge >= 0.3 is 18.0 Å². The van der Waals surface area contributed by atoms with Gasteiger partial charge in [0.2, 0.25) is 25.5 Å². The number of fused-ring (bicyclic) bond motifs is 3. The first-order chi connectivity index (χ1) is 60.8. The number of aromatic nitrogens is 6. The van der Waals surface area contributed by atoms with E-state index < -0.39 is 23.9 Å². The van der Waals surface area contributed by atoms with Gasteiger partial charge in [-0.1, -0.05) is 67.2 Å². The lowest BCUT2D eigenvalue weighted by molar-refractivity contribution is -0.131. The van der Waals surface area contributed by atoms with Crippen LogP contribution in [0.1, 0.15) is 112 Å². The number of likely N-dealkylation sites (N-methyl/N-ethyl adjacent to an activating group) is 3. The molecule has 0 bridgehead atoms. The van der Waals surface area contributed by atoms with Gasteiger partial charge in [0.15, 0.2) is 5.83 Å². The summed E-state index contributed by atoms with van der Waals surface area (Å²) in [7, 11) is 6.39. The van der Waals surface area contributed by atoms with Crippen LogP contribution < -0.4 is 43.6 Å². The number of nitrogens with zero attached hydrogens (tertiary/aromatic N) is 22. The van der Waals surface area contributed by atoms with Crippen molar-refractivity contribution in [1.29, 1.82) is 0 Å². The highest BCUT2D eigenvalue weighted by Gasteiger charge is 2.41. The van der Waals surface area contributed by atoms with Crippen molar-refractivity contribution in [3.63, 3.8) is 0 Å². The Morgan fingerprint density at radius 3 is 1.10 bits per heavy atom. The third kappa shape index (κ3) is 25.9. The number of hydrogen-bond donors (Lipinski definition) is 0. The summed E-state index contributed by atoms with van der Waals surface area (Å²) in [6.07, 6.45) is 12.4. The van der Waals surface area contributed by atoms with Crippen LogP contribution in [-0.2, 0) is 53.3 Å². The number of carbonyl (C=O) groups is 3. The molecule has 6 aromatic rings. The highest BCUT2D eigenvalue weighted by Crippen LogP contribution is 2.40. The average molecular weight is 1950 g/mol. The van der Waals surface area contributed by atoms with Crippen molar-refractivity contribution >= 4 is 145 Å². The predicted molar refractivity (Wildman–Crippen MR) is 552 cm³/mol. The zero-order valence-electron chi connectivity index (χ0n) is 77.9. The minimum atomic E-state index is -0.998. The van der Waals surface area contributed by atoms with Gasteiger partial charge < -0.3 is 87.5 Å². The maximum atomic E-state index is 13.7. The van der Waals surface area contributed by atoms with Crippen molar-refractivity contribution in [2.75, 3.05) is 208 Å². The fourth-order valence-corrected chi connectivity index (χ4v) is 19.6. The Morgan fingerprint density at radius 1 is 0.447 bits per heavy atom. The van der Waals surface area contributed by atoms with E-state index >= 15 is 0 Å². The fourth-order valence-electron chi connectivity index (χ4n) is 19.5. The molecule has 16 rings (SSSR count). The van der Waals surface area contributed by atoms with Gasteiger partial charge in [0.05, 0.1) is 41.7 Å². The Bertz CT molecular complexity index is 4950. The molecule has 7 saturated heterocycles. The maximum Gasteiger partial charge on any atom is 0.318 e. The van der Waals surface area contributed by atoms with E-state index in [0.29, 0.717) is 161 Å². The number of anilines is 6. The second-order valence-electron chi connectivity index (χ2n) is 35.4. The third-order valence-electron chi connectivity index (χ3n) is 27.4. The number of likely N-dealkylation sites (tertiary alicyclic amines) is 4. The van der Waals surface area contributed by atoms with Crippen LogP contribution in [-0.4, -0.2) is 303 Å². The second kappa shape index (κ2) is 50.2. The van der Waals surface area contributed by atoms with E-state index in [4.69, 9.17) is 75.4 Å². The van der Waals surface area contributed by atoms with Crippen LogP contribution >= 0.6 is 92.6 Å². The van der Waals surface area contributed by atoms with Crippen LogP contribution in [0, 0.1) is 61.3 Å². The highest BCUT2D eigenvalue weighted by atomic mass is 35.5. The van der Waals surface area contributed by atoms with E-state index in [2.05, 4.69) is 189 Å². The first-order valence-electron chi connectivity index (χ1n) is 44.8. The van der Waals surface area contributed by atoms with Gasteiger partial charge in [0, 0.05) is 156 Å². The van der Waals surface area contributed by atoms with Gasteiger partial charge in [-0.3, -0.25) is 19.3 Å². The standard InChI is InChI=1S/C35H47FN8O2.C30H38ClN7O2.C30H38FN7O2.6H2S/c1-25-8-5-10-32(26(25)2)42-17-13-30-31(23-42)38-35(46-24-28-9-6-14-40(28)4)39-34(30)43-18-19-44(29(22-43)20-37-3)33(45)11-7-15-41-16-12-27(36)21-41;2*1-20-8-6-10-27(21(20)2)36-13-11-25-26(18-36)33-30(40-19-23-9-7-12-35(23)5)34-28(25)37-14-15-38(29(39)22(3)31)24(17-37)16-32-4;;;;;;/h5,7-8,10-11,27-29H,6,9,12-24H2,1-2,4H3;2*6,8,10,23-24H,3,7,9,11-19H2,1-2,5H3;6*1H2/b11-7+;;;;;;;;/t27?,28-,29-;2*23-,24-;;;;;;/m000....../s1. The van der Waals surface area contributed by atoms with E-state index in [1.165, 1.54) is 68.2 Å². The summed E-state index contributed by atoms with van der Waals surface area (Å²) in [4.78, 5) is 107. The Hall–Kier alpha value is -8.71. The molecule has 132 heavy (non-hydrogen) atoms. The Balaban J connectivity index is 0.000000239. The molecule has 1 unspecified atom stereocenters. The minimum Gasteiger partial charge on any atom is -0.462 e. The molecule has 13 heterocycles. The highest BCUT2D eigenvalue weighted by molar-refractivity contribution is 7.60. The summed E-state index contributed by atoms with van der Waals surface area (Å²) in [6.45, 7) is 58.1. The molecular formula is C95H135ClF2N22O6S6. The Kier molecular flexibility index (Phi) is 41.3. The molecule has 10 aliphatic rings. The van der Waals surface area contributed by atoms with Crippen molar-refractivity contribution in [2.24, 2.45) is 0 Å². The van der Waals surface area contributed by atoms with Crippen molar-refractivity contribution in [3.05, 3.63) is 192 Å². The van der Waals surface area contributed by atoms with Crippen LogP contribution in [0.2, 0.25) is 0 Å². The van der Waals surface area contributed by atoms with Gasteiger partial charge in [-0.2, -0.15) is 111 Å². The molecule has 3 aromatic heterocycles. The zero-order chi connectivity index (χ0) is 89.0. The maximum absolute atomic E-state index is 13.7. The molecule has 10 aliphatic heterocycles. The van der Waals surface area contributed by atoms with Crippen LogP contribution in [0.4, 0.5) is 43.3 Å². The van der Waals surface area contributed by atoms with Gasteiger partial charge in [-0.05, 0) is 198 Å². The molecule has 28 nitrogen and oxygen atoms in total. The molecule has 718 valence electrons. The Labute approximate surface area is 826 Å². The van der Waals surface area contributed by atoms with E-state index in [0.717, 1.165) is 135 Å². The SMILES string of the molecule is S.S.S.S.S.S.[C-]#[N+]C[C@H]1CN(c2nc(OC[C@@H]3CCCN3C)nc3c2CCN(c2cccc(C)c2C)C3)CCN1C(=O)/C=C/CN1CCC(F)C1.[C-]#[N+]C[C@H]1CN(c2nc(OC[C@@H]3CCCN3C)nc3c2CCN(c2cccc(C)c2C)C3)CCN1C(=O)C(=C)Cl.[C-]#[N+]C[C@H]1CN(c2nc(OC[C@@H]3CCCN3C)nc3c2CCN(c2cccc(C)c2C)C3)CCN1C(=O)C(=C)F. The third-order valence-corrected chi connectivity index (χ3v) is 27.6. The first kappa shape index (κ1) is 109. The van der Waals surface area contributed by atoms with Gasteiger partial charge in [-0.15, -0.1) is 0 Å². The van der Waals surface area contributed by atoms with Crippen molar-refractivity contribution in [3.8, 4) is 18.0 Å². The van der Waals surface area contributed by atoms with Crippen molar-refractivity contribution in [1.82, 2.24) is 64.2 Å². The molecule has 3 amide bonds. The quantitative estimate of drug-likeness (QED) is 0.0431. The molecular weight excluding hydrogens is 1810 g/mol. The smallest absolute Gasteiger partial charge is 0.318 e. The number of hydrogen-bond acceptors (Lipinski definition) is 22. The Morgan fingerprint density at radius 2 is 0.788 bits per heavy atom. The topological polar surface area (TPSA) is 211 Å². The lowest BCUT2D eigenvalue weighted by Crippen LogP contribution is -2.57. The summed E-state index contributed by atoms with van der Waals surface area (Å²) < 4.78 is 46.1. The fraction of sp³-hybridized carbons (Fsp3) is 0.558. The number of benzene rings is 3. The molecule has 0 N–H and O–H groups in total. The summed E-state index contributed by atoms with van der Waals surface area (Å²) in [5, 5.41) is -0.0260. The molecule has 0 spiro atoms. The van der Waals surface area contributed by atoms with Crippen LogP contribution in [0.15, 0.2) is 90.8 Å². The second-order valence-corrected chi connectivity index (χ2v) is 35.9. The van der Waals surface area contributed by atoms with E-state index in [1.54, 1.807) is 11.0 Å². The number of piperazine rings is 3. The van der Waals surface area contributed by atoms with E-state index in [-0.39, 0.29) is 130 Å². The monoisotopic (exact) mass is 1940 g/mol. The number of aryl methyl sites for hydroxylation is 3. The lowest BCUT2D eigenvalue weighted by Gasteiger charge is -2.41. The number of amides is 3. The number of rotatable bonds is 23. The average Bonchev–Trinajstić information content (AvgIpc) is 0.784. The summed E-state index contributed by atoms with van der Waals surface area (Å²) >= 11 is 5.96. The number of ether oxygens (including phenoxy) is 3. The number of carbonyl (C=O) groups excluding carboxylic acids is 3. The van der Waals surface area contributed by atoms with Gasteiger partial charge in [-0.25, -0.2) is 28.5 Å². The van der Waals surface area contributed by atoms with E-state index in [9.17, 15) is 23.2 Å². The van der Waals surface area contributed by atoms with Crippen LogP contribution in [0.3, 0.4) is 0 Å². The molecule has 7 fully saturated rings. The molecule has 7 atom stereocenters. The largest absolute Gasteiger partial charge is 0.462 e. The van der Waals surface area contributed by atoms with Crippen LogP contribution in [0.25, 0.3) is 14.5 Å². The molecule has 0 saturated carbocycles. The summed E-state index contributed by atoms with van der Waals surface area (Å²) in [5.41, 5.74) is 17.5. The van der Waals surface area contributed by atoms with E-state index in [1.807, 2.05) is 15.9 Å². The van der Waals surface area contributed by atoms with Gasteiger partial charge in [0.25, 0.3) is 11.8 Å². The lowest BCUT2D eigenvalue weighted by atomic mass is 10.0. The predicted octanol–water partition coefficient (Wildman–Crippen LogP) is 11.7. The molecule has 0 radical (unpaired) electrons. The molecule has 0 aliphatic carbocycles. The summed E-state index contributed by atoms with van der Waals surface area (Å²) in [5.74, 6) is 0.367. The number of alkyl halides is 1.